The molecule has 25 heavy (non-hydrogen) atoms. The maximum atomic E-state index is 11.3. The van der Waals surface area contributed by atoms with Crippen molar-refractivity contribution in [3.8, 4) is 0 Å². The predicted molar refractivity (Wildman–Crippen MR) is 106 cm³/mol. The molecule has 1 saturated heterocycles. The van der Waals surface area contributed by atoms with Gasteiger partial charge in [-0.3, -0.25) is 0 Å². The Morgan fingerprint density at radius 1 is 1.32 bits per heavy atom. The number of benzene rings is 1. The van der Waals surface area contributed by atoms with Crippen LogP contribution in [0.3, 0.4) is 0 Å². The fourth-order valence-corrected chi connectivity index (χ4v) is 3.86. The molecule has 1 aromatic heterocycles. The molecule has 0 spiro atoms. The van der Waals surface area contributed by atoms with Crippen molar-refractivity contribution in [1.29, 1.82) is 0 Å². The summed E-state index contributed by atoms with van der Waals surface area (Å²) in [6.45, 7) is 6.19. The van der Waals surface area contributed by atoms with Crippen LogP contribution >= 0.6 is 15.9 Å². The average Bonchev–Trinajstić information content (AvgIpc) is 2.61. The summed E-state index contributed by atoms with van der Waals surface area (Å²) < 4.78 is 26.2. The third-order valence-corrected chi connectivity index (χ3v) is 5.21. The van der Waals surface area contributed by atoms with E-state index in [-0.39, 0.29) is 5.92 Å². The first kappa shape index (κ1) is 20.1. The summed E-state index contributed by atoms with van der Waals surface area (Å²) in [5.74, 6) is 1.20. The van der Waals surface area contributed by atoms with Gasteiger partial charge in [0.15, 0.2) is 0 Å². The van der Waals surface area contributed by atoms with Gasteiger partial charge in [0.25, 0.3) is 0 Å². The molecule has 2 aromatic rings. The highest BCUT2D eigenvalue weighted by molar-refractivity contribution is 9.10. The molecule has 1 aliphatic rings. The average molecular weight is 429 g/mol. The lowest BCUT2D eigenvalue weighted by Gasteiger charge is -2.34. The molecular weight excluding hydrogens is 404 g/mol. The summed E-state index contributed by atoms with van der Waals surface area (Å²) in [5, 5.41) is 1.01. The van der Waals surface area contributed by atoms with E-state index in [4.69, 9.17) is 0 Å². The molecule has 1 aliphatic heterocycles. The summed E-state index contributed by atoms with van der Waals surface area (Å²) in [6, 6.07) is 5.97. The molecule has 0 amide bonds. The molecule has 0 bridgehead atoms. The van der Waals surface area contributed by atoms with E-state index < -0.39 is 10.0 Å². The fraction of sp³-hybridized carbons (Fsp3) is 0.529. The molecule has 2 heterocycles. The molecule has 8 heteroatoms. The van der Waals surface area contributed by atoms with Crippen molar-refractivity contribution >= 4 is 42.7 Å². The van der Waals surface area contributed by atoms with Crippen LogP contribution in [-0.2, 0) is 10.0 Å². The van der Waals surface area contributed by atoms with Crippen molar-refractivity contribution in [3.05, 3.63) is 29.0 Å². The van der Waals surface area contributed by atoms with E-state index >= 15 is 0 Å². The molecule has 0 aliphatic carbocycles. The smallest absolute Gasteiger partial charge is 0.208 e. The standard InChI is InChI=1S/C15H19BrN4O2S.C2H6/c1-23(21,22)19-8-11-3-2-6-20(9-11)15-13-7-12(16)4-5-14(13)17-10-18-15;1-2/h4-5,7,10-11,19H,2-3,6,8-9H2,1H3;1-2H3. The SMILES string of the molecule is CC.CS(=O)(=O)NCC1CCCN(c2ncnc3ccc(Br)cc23)C1. The Bertz CT molecular complexity index is 813. The lowest BCUT2D eigenvalue weighted by Crippen LogP contribution is -2.41. The van der Waals surface area contributed by atoms with E-state index in [1.807, 2.05) is 32.0 Å². The van der Waals surface area contributed by atoms with Gasteiger partial charge in [0.1, 0.15) is 12.1 Å². The van der Waals surface area contributed by atoms with E-state index in [9.17, 15) is 8.42 Å². The maximum absolute atomic E-state index is 11.3. The van der Waals surface area contributed by atoms with Gasteiger partial charge < -0.3 is 4.90 Å². The number of nitrogens with zero attached hydrogens (tertiary/aromatic N) is 3. The van der Waals surface area contributed by atoms with Gasteiger partial charge in [0.2, 0.25) is 10.0 Å². The topological polar surface area (TPSA) is 75.2 Å². The van der Waals surface area contributed by atoms with Crippen molar-refractivity contribution in [2.75, 3.05) is 30.8 Å². The lowest BCUT2D eigenvalue weighted by atomic mass is 9.98. The highest BCUT2D eigenvalue weighted by Gasteiger charge is 2.23. The van der Waals surface area contributed by atoms with Gasteiger partial charge in [-0.2, -0.15) is 0 Å². The van der Waals surface area contributed by atoms with Gasteiger partial charge in [-0.15, -0.1) is 0 Å². The number of hydrogen-bond acceptors (Lipinski definition) is 5. The summed E-state index contributed by atoms with van der Waals surface area (Å²) in [5.41, 5.74) is 0.912. The molecule has 138 valence electrons. The number of aromatic nitrogens is 2. The molecule has 1 unspecified atom stereocenters. The second-order valence-electron chi connectivity index (χ2n) is 5.93. The molecule has 0 saturated carbocycles. The predicted octanol–water partition coefficient (Wildman–Crippen LogP) is 3.18. The Hall–Kier alpha value is -1.25. The van der Waals surface area contributed by atoms with E-state index in [2.05, 4.69) is 35.5 Å². The molecule has 1 aromatic carbocycles. The second-order valence-corrected chi connectivity index (χ2v) is 8.68. The van der Waals surface area contributed by atoms with Gasteiger partial charge in [0.05, 0.1) is 11.8 Å². The number of anilines is 1. The summed E-state index contributed by atoms with van der Waals surface area (Å²) >= 11 is 3.50. The molecule has 1 fully saturated rings. The number of halogens is 1. The first-order chi connectivity index (χ1) is 11.9. The minimum absolute atomic E-state index is 0.288. The Labute approximate surface area is 158 Å². The van der Waals surface area contributed by atoms with Crippen LogP contribution in [0.2, 0.25) is 0 Å². The third kappa shape index (κ3) is 5.62. The molecule has 3 rings (SSSR count). The zero-order chi connectivity index (χ0) is 18.4. The largest absolute Gasteiger partial charge is 0.356 e. The highest BCUT2D eigenvalue weighted by atomic mass is 79.9. The summed E-state index contributed by atoms with van der Waals surface area (Å²) in [4.78, 5) is 11.0. The maximum Gasteiger partial charge on any atom is 0.208 e. The van der Waals surface area contributed by atoms with E-state index in [0.29, 0.717) is 6.54 Å². The fourth-order valence-electron chi connectivity index (χ4n) is 2.96. The normalized spacial score (nSPS) is 17.9. The van der Waals surface area contributed by atoms with Crippen LogP contribution in [0.5, 0.6) is 0 Å². The number of fused-ring (bicyclic) bond motifs is 1. The number of sulfonamides is 1. The van der Waals surface area contributed by atoms with E-state index in [1.54, 1.807) is 6.33 Å². The van der Waals surface area contributed by atoms with Crippen molar-refractivity contribution in [2.24, 2.45) is 5.92 Å². The van der Waals surface area contributed by atoms with Gasteiger partial charge in [0, 0.05) is 29.5 Å². The minimum atomic E-state index is -3.15. The number of hydrogen-bond donors (Lipinski definition) is 1. The molecule has 0 radical (unpaired) electrons. The van der Waals surface area contributed by atoms with Crippen LogP contribution in [0.15, 0.2) is 29.0 Å². The van der Waals surface area contributed by atoms with E-state index in [0.717, 1.165) is 47.1 Å². The van der Waals surface area contributed by atoms with Crippen molar-refractivity contribution in [2.45, 2.75) is 26.7 Å². The van der Waals surface area contributed by atoms with Crippen molar-refractivity contribution in [1.82, 2.24) is 14.7 Å². The first-order valence-corrected chi connectivity index (χ1v) is 11.2. The number of nitrogens with one attached hydrogen (secondary N) is 1. The van der Waals surface area contributed by atoms with Crippen LogP contribution in [0, 0.1) is 5.92 Å². The van der Waals surface area contributed by atoms with Crippen LogP contribution in [0.25, 0.3) is 10.9 Å². The van der Waals surface area contributed by atoms with Gasteiger partial charge in [-0.25, -0.2) is 23.1 Å². The third-order valence-electron chi connectivity index (χ3n) is 4.03. The molecule has 1 N–H and O–H groups in total. The Morgan fingerprint density at radius 2 is 2.08 bits per heavy atom. The van der Waals surface area contributed by atoms with Crippen LogP contribution in [0.4, 0.5) is 5.82 Å². The van der Waals surface area contributed by atoms with Crippen LogP contribution in [-0.4, -0.2) is 44.3 Å². The summed E-state index contributed by atoms with van der Waals surface area (Å²) in [7, 11) is -3.15. The van der Waals surface area contributed by atoms with Gasteiger partial charge in [-0.1, -0.05) is 29.8 Å². The summed E-state index contributed by atoms with van der Waals surface area (Å²) in [6.07, 6.45) is 4.83. The Morgan fingerprint density at radius 3 is 2.80 bits per heavy atom. The monoisotopic (exact) mass is 428 g/mol. The van der Waals surface area contributed by atoms with Crippen LogP contribution in [0.1, 0.15) is 26.7 Å². The highest BCUT2D eigenvalue weighted by Crippen LogP contribution is 2.29. The first-order valence-electron chi connectivity index (χ1n) is 8.52. The number of rotatable bonds is 4. The lowest BCUT2D eigenvalue weighted by molar-refractivity contribution is 0.410. The van der Waals surface area contributed by atoms with Crippen molar-refractivity contribution < 1.29 is 8.42 Å². The quantitative estimate of drug-likeness (QED) is 0.808. The molecular formula is C17H25BrN4O2S. The zero-order valence-electron chi connectivity index (χ0n) is 14.9. The van der Waals surface area contributed by atoms with E-state index in [1.165, 1.54) is 6.26 Å². The van der Waals surface area contributed by atoms with Gasteiger partial charge in [-0.05, 0) is 37.0 Å². The minimum Gasteiger partial charge on any atom is -0.356 e. The zero-order valence-corrected chi connectivity index (χ0v) is 17.3. The second kappa shape index (κ2) is 8.91. The Kier molecular flexibility index (Phi) is 7.15. The van der Waals surface area contributed by atoms with Crippen molar-refractivity contribution in [3.63, 3.8) is 0 Å². The molecule has 1 atom stereocenters. The Balaban J connectivity index is 0.00000109. The molecule has 6 nitrogen and oxygen atoms in total. The van der Waals surface area contributed by atoms with Crippen LogP contribution < -0.4 is 9.62 Å². The number of piperidine rings is 1. The van der Waals surface area contributed by atoms with Gasteiger partial charge >= 0.3 is 0 Å².